The smallest absolute Gasteiger partial charge is 0.161 e. The first kappa shape index (κ1) is 9.76. The number of aromatic hydroxyl groups is 1. The number of phenolic OH excluding ortho intramolecular Hbond substituents is 1. The lowest BCUT2D eigenvalue weighted by Gasteiger charge is -2.07. The minimum atomic E-state index is -0.597. The summed E-state index contributed by atoms with van der Waals surface area (Å²) >= 11 is 0. The number of phenols is 1. The van der Waals surface area contributed by atoms with Gasteiger partial charge < -0.3 is 15.1 Å². The Morgan fingerprint density at radius 1 is 1.54 bits per heavy atom. The van der Waals surface area contributed by atoms with E-state index in [-0.39, 0.29) is 23.6 Å². The number of halogens is 1. The lowest BCUT2D eigenvalue weighted by atomic mass is 10.2. The zero-order chi connectivity index (χ0) is 9.84. The lowest BCUT2D eigenvalue weighted by molar-refractivity contribution is 0.160. The number of benzene rings is 1. The molecule has 0 radical (unpaired) electrons. The van der Waals surface area contributed by atoms with Gasteiger partial charge in [-0.05, 0) is 6.07 Å². The van der Waals surface area contributed by atoms with E-state index < -0.39 is 5.82 Å². The van der Waals surface area contributed by atoms with E-state index in [0.717, 1.165) is 6.07 Å². The van der Waals surface area contributed by atoms with Crippen molar-refractivity contribution < 1.29 is 19.4 Å². The normalized spacial score (nSPS) is 10.1. The molecule has 0 aliphatic carbocycles. The van der Waals surface area contributed by atoms with Crippen molar-refractivity contribution >= 4 is 0 Å². The third-order valence-electron chi connectivity index (χ3n) is 1.62. The molecule has 0 unspecified atom stereocenters. The van der Waals surface area contributed by atoms with Crippen LogP contribution in [0.1, 0.15) is 5.56 Å². The van der Waals surface area contributed by atoms with Gasteiger partial charge in [-0.2, -0.15) is 0 Å². The Hall–Kier alpha value is -1.33. The molecule has 0 saturated heterocycles. The molecule has 72 valence electrons. The van der Waals surface area contributed by atoms with Gasteiger partial charge in [0.1, 0.15) is 5.82 Å². The van der Waals surface area contributed by atoms with Crippen LogP contribution in [0.3, 0.4) is 0 Å². The van der Waals surface area contributed by atoms with Crippen LogP contribution in [0.25, 0.3) is 0 Å². The molecule has 5 heteroatoms. The number of hydrogen-bond acceptors (Lipinski definition) is 4. The summed E-state index contributed by atoms with van der Waals surface area (Å²) in [6, 6.07) is 2.25. The first-order valence-electron chi connectivity index (χ1n) is 3.61. The number of ether oxygens (including phenoxy) is 1. The van der Waals surface area contributed by atoms with Gasteiger partial charge in [-0.15, -0.1) is 0 Å². The maximum absolute atomic E-state index is 13.0. The molecule has 0 saturated carbocycles. The molecule has 4 nitrogen and oxygen atoms in total. The van der Waals surface area contributed by atoms with Crippen LogP contribution < -0.4 is 10.2 Å². The van der Waals surface area contributed by atoms with Crippen molar-refractivity contribution in [3.8, 4) is 11.5 Å². The Labute approximate surface area is 74.5 Å². The Balaban J connectivity index is 3.06. The lowest BCUT2D eigenvalue weighted by Crippen LogP contribution is -2.08. The Kier molecular flexibility index (Phi) is 3.05. The van der Waals surface area contributed by atoms with E-state index >= 15 is 0 Å². The molecule has 0 heterocycles. The highest BCUT2D eigenvalue weighted by Gasteiger charge is 2.08. The molecule has 0 bridgehead atoms. The summed E-state index contributed by atoms with van der Waals surface area (Å²) < 4.78 is 17.7. The second-order valence-corrected chi connectivity index (χ2v) is 2.45. The highest BCUT2D eigenvalue weighted by atomic mass is 19.1. The fourth-order valence-electron chi connectivity index (χ4n) is 0.969. The highest BCUT2D eigenvalue weighted by molar-refractivity contribution is 5.42. The maximum atomic E-state index is 13.0. The second-order valence-electron chi connectivity index (χ2n) is 2.45. The van der Waals surface area contributed by atoms with Crippen LogP contribution in [0.5, 0.6) is 11.5 Å². The van der Waals surface area contributed by atoms with E-state index in [4.69, 9.17) is 15.1 Å². The Morgan fingerprint density at radius 2 is 2.23 bits per heavy atom. The van der Waals surface area contributed by atoms with Crippen LogP contribution in [-0.4, -0.2) is 17.4 Å². The molecule has 1 aromatic carbocycles. The highest BCUT2D eigenvalue weighted by Crippen LogP contribution is 2.28. The van der Waals surface area contributed by atoms with Crippen molar-refractivity contribution in [3.05, 3.63) is 23.5 Å². The van der Waals surface area contributed by atoms with Gasteiger partial charge >= 0.3 is 0 Å². The van der Waals surface area contributed by atoms with E-state index in [2.05, 4.69) is 0 Å². The molecule has 0 fully saturated rings. The summed E-state index contributed by atoms with van der Waals surface area (Å²) in [7, 11) is 1.36. The summed E-state index contributed by atoms with van der Waals surface area (Å²) in [4.78, 5) is 0. The summed E-state index contributed by atoms with van der Waals surface area (Å²) in [5, 5.41) is 17.5. The minimum absolute atomic E-state index is 0.0392. The first-order chi connectivity index (χ1) is 6.19. The van der Waals surface area contributed by atoms with Crippen LogP contribution in [0.4, 0.5) is 4.39 Å². The molecule has 0 aliphatic heterocycles. The monoisotopic (exact) mass is 187 g/mol. The van der Waals surface area contributed by atoms with Gasteiger partial charge in [-0.3, -0.25) is 0 Å². The molecule has 13 heavy (non-hydrogen) atoms. The van der Waals surface area contributed by atoms with Crippen LogP contribution >= 0.6 is 0 Å². The number of hydroxylamine groups is 1. The van der Waals surface area contributed by atoms with Crippen molar-refractivity contribution in [2.75, 3.05) is 7.11 Å². The number of nitrogens with one attached hydrogen (secondary N) is 1. The van der Waals surface area contributed by atoms with Gasteiger partial charge in [0, 0.05) is 18.2 Å². The van der Waals surface area contributed by atoms with Crippen LogP contribution in [-0.2, 0) is 6.54 Å². The topological polar surface area (TPSA) is 61.7 Å². The van der Waals surface area contributed by atoms with Crippen LogP contribution in [0.15, 0.2) is 12.1 Å². The Morgan fingerprint density at radius 3 is 2.77 bits per heavy atom. The fourth-order valence-corrected chi connectivity index (χ4v) is 0.969. The summed E-state index contributed by atoms with van der Waals surface area (Å²) in [6.07, 6.45) is 0. The predicted molar refractivity (Wildman–Crippen MR) is 43.2 cm³/mol. The van der Waals surface area contributed by atoms with Crippen molar-refractivity contribution in [1.82, 2.24) is 5.48 Å². The van der Waals surface area contributed by atoms with Gasteiger partial charge in [0.15, 0.2) is 11.5 Å². The van der Waals surface area contributed by atoms with E-state index in [1.807, 2.05) is 5.48 Å². The maximum Gasteiger partial charge on any atom is 0.161 e. The molecule has 0 atom stereocenters. The molecule has 0 amide bonds. The summed E-state index contributed by atoms with van der Waals surface area (Å²) in [5.41, 5.74) is 2.04. The first-order valence-corrected chi connectivity index (χ1v) is 3.61. The third kappa shape index (κ3) is 2.07. The van der Waals surface area contributed by atoms with E-state index in [9.17, 15) is 4.39 Å². The molecular weight excluding hydrogens is 177 g/mol. The van der Waals surface area contributed by atoms with Crippen molar-refractivity contribution in [1.29, 1.82) is 0 Å². The minimum Gasteiger partial charge on any atom is -0.504 e. The Bertz CT molecular complexity index is 304. The zero-order valence-electron chi connectivity index (χ0n) is 7.04. The van der Waals surface area contributed by atoms with E-state index in [1.54, 1.807) is 0 Å². The van der Waals surface area contributed by atoms with Crippen molar-refractivity contribution in [3.63, 3.8) is 0 Å². The molecule has 1 aromatic rings. The van der Waals surface area contributed by atoms with Crippen LogP contribution in [0, 0.1) is 5.82 Å². The zero-order valence-corrected chi connectivity index (χ0v) is 7.04. The number of methoxy groups -OCH3 is 1. The van der Waals surface area contributed by atoms with Crippen molar-refractivity contribution in [2.45, 2.75) is 6.54 Å². The molecule has 0 aliphatic rings. The predicted octanol–water partition coefficient (Wildman–Crippen LogP) is 1.02. The average Bonchev–Trinajstić information content (AvgIpc) is 2.10. The largest absolute Gasteiger partial charge is 0.504 e. The van der Waals surface area contributed by atoms with Gasteiger partial charge in [0.2, 0.25) is 0 Å². The van der Waals surface area contributed by atoms with E-state index in [1.165, 1.54) is 13.2 Å². The SMILES string of the molecule is COc1cc(CNO)c(F)cc1O. The van der Waals surface area contributed by atoms with Gasteiger partial charge in [0.25, 0.3) is 0 Å². The number of hydrogen-bond donors (Lipinski definition) is 3. The van der Waals surface area contributed by atoms with Gasteiger partial charge in [-0.25, -0.2) is 9.87 Å². The van der Waals surface area contributed by atoms with Gasteiger partial charge in [-0.1, -0.05) is 0 Å². The standard InChI is InChI=1S/C8H10FNO3/c1-13-8-2-5(4-10-12)6(9)3-7(8)11/h2-3,10-12H,4H2,1H3. The fraction of sp³-hybridized carbons (Fsp3) is 0.250. The molecule has 0 spiro atoms. The number of rotatable bonds is 3. The second kappa shape index (κ2) is 4.06. The molecule has 3 N–H and O–H groups in total. The average molecular weight is 187 g/mol. The third-order valence-corrected chi connectivity index (χ3v) is 1.62. The summed E-state index contributed by atoms with van der Waals surface area (Å²) in [5.74, 6) is -0.687. The quantitative estimate of drug-likeness (QED) is 0.618. The van der Waals surface area contributed by atoms with Gasteiger partial charge in [0.05, 0.1) is 7.11 Å². The van der Waals surface area contributed by atoms with Crippen LogP contribution in [0.2, 0.25) is 0 Å². The molecular formula is C8H10FNO3. The van der Waals surface area contributed by atoms with E-state index in [0.29, 0.717) is 0 Å². The molecule has 1 rings (SSSR count). The summed E-state index contributed by atoms with van der Waals surface area (Å²) in [6.45, 7) is -0.0392. The molecule has 0 aromatic heterocycles. The van der Waals surface area contributed by atoms with Crippen molar-refractivity contribution in [2.24, 2.45) is 0 Å².